The number of anilines is 1. The zero-order chi connectivity index (χ0) is 21.6. The highest BCUT2D eigenvalue weighted by Gasteiger charge is 2.20. The number of nitrogens with one attached hydrogen (secondary N) is 2. The van der Waals surface area contributed by atoms with Crippen molar-refractivity contribution in [2.75, 3.05) is 40.2 Å². The molecule has 9 heteroatoms. The van der Waals surface area contributed by atoms with Crippen LogP contribution in [0.1, 0.15) is 11.1 Å². The topological polar surface area (TPSA) is 104 Å². The van der Waals surface area contributed by atoms with E-state index in [1.54, 1.807) is 21.1 Å². The number of aryl methyl sites for hydroxylation is 1. The van der Waals surface area contributed by atoms with Gasteiger partial charge in [0.1, 0.15) is 6.54 Å². The van der Waals surface area contributed by atoms with Crippen molar-refractivity contribution in [3.8, 4) is 17.2 Å². The molecule has 0 aliphatic heterocycles. The minimum Gasteiger partial charge on any atom is -0.493 e. The zero-order valence-electron chi connectivity index (χ0n) is 17.2. The number of quaternary nitrogens is 1. The number of carbonyl (C=O) groups is 1. The summed E-state index contributed by atoms with van der Waals surface area (Å²) in [5.41, 5.74) is 1.84. The Balaban J connectivity index is 2.09. The van der Waals surface area contributed by atoms with Crippen LogP contribution in [-0.2, 0) is 11.3 Å². The fourth-order valence-electron chi connectivity index (χ4n) is 3.06. The molecule has 0 fully saturated rings. The number of carbonyl (C=O) groups excluding carboxylic acids is 1. The van der Waals surface area contributed by atoms with Crippen LogP contribution in [0.3, 0.4) is 0 Å². The van der Waals surface area contributed by atoms with Gasteiger partial charge in [-0.2, -0.15) is 0 Å². The molecule has 0 bridgehead atoms. The van der Waals surface area contributed by atoms with Gasteiger partial charge in [0.25, 0.3) is 5.91 Å². The first-order valence-corrected chi connectivity index (χ1v) is 8.94. The van der Waals surface area contributed by atoms with E-state index in [1.165, 1.54) is 19.2 Å². The minimum atomic E-state index is -0.517. The Bertz CT molecular complexity index is 900. The summed E-state index contributed by atoms with van der Waals surface area (Å²) < 4.78 is 15.8. The molecule has 1 amide bonds. The average molecular weight is 404 g/mol. The number of hydrogen-bond acceptors (Lipinski definition) is 6. The number of nitrogens with zero attached hydrogens (tertiary/aromatic N) is 1. The van der Waals surface area contributed by atoms with Crippen LogP contribution in [0.5, 0.6) is 17.2 Å². The number of ether oxygens (including phenoxy) is 3. The van der Waals surface area contributed by atoms with E-state index in [0.717, 1.165) is 10.5 Å². The summed E-state index contributed by atoms with van der Waals surface area (Å²) >= 11 is 0. The third kappa shape index (κ3) is 5.35. The highest BCUT2D eigenvalue weighted by molar-refractivity contribution is 5.92. The lowest BCUT2D eigenvalue weighted by Crippen LogP contribution is -3.08. The SMILES string of the molecule is COc1cc(NC(=O)C[NH+](C)Cc2cccc(OC)c2OC)c(C)cc1[N+](=O)[O-]. The average Bonchev–Trinajstić information content (AvgIpc) is 2.68. The van der Waals surface area contributed by atoms with Crippen LogP contribution in [0.2, 0.25) is 0 Å². The lowest BCUT2D eigenvalue weighted by atomic mass is 10.1. The highest BCUT2D eigenvalue weighted by atomic mass is 16.6. The Morgan fingerprint density at radius 3 is 2.41 bits per heavy atom. The molecule has 1 atom stereocenters. The predicted molar refractivity (Wildman–Crippen MR) is 108 cm³/mol. The van der Waals surface area contributed by atoms with Crippen molar-refractivity contribution in [2.24, 2.45) is 0 Å². The van der Waals surface area contributed by atoms with Crippen LogP contribution in [-0.4, -0.2) is 45.8 Å². The van der Waals surface area contributed by atoms with E-state index in [-0.39, 0.29) is 23.9 Å². The van der Waals surface area contributed by atoms with Crippen molar-refractivity contribution in [3.05, 3.63) is 51.6 Å². The predicted octanol–water partition coefficient (Wildman–Crippen LogP) is 1.58. The number of nitro benzene ring substituents is 1. The minimum absolute atomic E-state index is 0.0951. The molecular weight excluding hydrogens is 378 g/mol. The number of amides is 1. The number of benzene rings is 2. The smallest absolute Gasteiger partial charge is 0.311 e. The van der Waals surface area contributed by atoms with Crippen molar-refractivity contribution >= 4 is 17.3 Å². The lowest BCUT2D eigenvalue weighted by molar-refractivity contribution is -0.885. The molecule has 2 aromatic rings. The second-order valence-corrected chi connectivity index (χ2v) is 6.61. The number of hydrogen-bond donors (Lipinski definition) is 2. The molecule has 0 saturated carbocycles. The third-order valence-corrected chi connectivity index (χ3v) is 4.44. The molecule has 2 rings (SSSR count). The molecule has 0 aromatic heterocycles. The van der Waals surface area contributed by atoms with Gasteiger partial charge >= 0.3 is 5.69 Å². The summed E-state index contributed by atoms with van der Waals surface area (Å²) in [6.45, 7) is 2.44. The largest absolute Gasteiger partial charge is 0.493 e. The van der Waals surface area contributed by atoms with Crippen LogP contribution in [0.15, 0.2) is 30.3 Å². The zero-order valence-corrected chi connectivity index (χ0v) is 17.2. The van der Waals surface area contributed by atoms with Crippen LogP contribution >= 0.6 is 0 Å². The van der Waals surface area contributed by atoms with Crippen molar-refractivity contribution in [2.45, 2.75) is 13.5 Å². The highest BCUT2D eigenvalue weighted by Crippen LogP contribution is 2.33. The first-order valence-electron chi connectivity index (χ1n) is 8.94. The van der Waals surface area contributed by atoms with Gasteiger partial charge in [-0.1, -0.05) is 6.07 Å². The molecule has 0 spiro atoms. The van der Waals surface area contributed by atoms with Gasteiger partial charge in [0.05, 0.1) is 38.9 Å². The van der Waals surface area contributed by atoms with Crippen molar-refractivity contribution in [3.63, 3.8) is 0 Å². The molecule has 1 unspecified atom stereocenters. The molecule has 2 aromatic carbocycles. The second-order valence-electron chi connectivity index (χ2n) is 6.61. The quantitative estimate of drug-likeness (QED) is 0.486. The molecule has 0 aliphatic rings. The Morgan fingerprint density at radius 2 is 1.83 bits per heavy atom. The van der Waals surface area contributed by atoms with Gasteiger partial charge < -0.3 is 24.4 Å². The summed E-state index contributed by atoms with van der Waals surface area (Å²) in [5, 5.41) is 13.9. The van der Waals surface area contributed by atoms with Crippen LogP contribution < -0.4 is 24.4 Å². The summed E-state index contributed by atoms with van der Waals surface area (Å²) in [7, 11) is 6.39. The summed E-state index contributed by atoms with van der Waals surface area (Å²) in [5.74, 6) is 1.16. The molecule has 0 heterocycles. The van der Waals surface area contributed by atoms with Crippen LogP contribution in [0.4, 0.5) is 11.4 Å². The Hall–Kier alpha value is -3.33. The summed E-state index contributed by atoms with van der Waals surface area (Å²) in [6, 6.07) is 8.46. The maximum absolute atomic E-state index is 12.5. The van der Waals surface area contributed by atoms with Crippen molar-refractivity contribution in [1.82, 2.24) is 0 Å². The lowest BCUT2D eigenvalue weighted by Gasteiger charge is -2.17. The number of likely N-dealkylation sites (N-methyl/N-ethyl adjacent to an activating group) is 1. The molecule has 2 N–H and O–H groups in total. The maximum Gasteiger partial charge on any atom is 0.311 e. The molecule has 29 heavy (non-hydrogen) atoms. The van der Waals surface area contributed by atoms with Crippen molar-refractivity contribution < 1.29 is 28.8 Å². The third-order valence-electron chi connectivity index (χ3n) is 4.44. The van der Waals surface area contributed by atoms with E-state index >= 15 is 0 Å². The Labute approximate surface area is 169 Å². The Morgan fingerprint density at radius 1 is 1.14 bits per heavy atom. The second kappa shape index (κ2) is 9.74. The molecular formula is C20H26N3O6+. The number of methoxy groups -OCH3 is 3. The molecule has 9 nitrogen and oxygen atoms in total. The van der Waals surface area contributed by atoms with E-state index in [9.17, 15) is 14.9 Å². The molecule has 0 saturated heterocycles. The van der Waals surface area contributed by atoms with Gasteiger partial charge in [-0.15, -0.1) is 0 Å². The van der Waals surface area contributed by atoms with Gasteiger partial charge in [-0.05, 0) is 24.6 Å². The maximum atomic E-state index is 12.5. The van der Waals surface area contributed by atoms with Gasteiger partial charge in [0.15, 0.2) is 23.8 Å². The molecule has 156 valence electrons. The van der Waals surface area contributed by atoms with E-state index in [4.69, 9.17) is 14.2 Å². The monoisotopic (exact) mass is 404 g/mol. The van der Waals surface area contributed by atoms with Crippen molar-refractivity contribution in [1.29, 1.82) is 0 Å². The van der Waals surface area contributed by atoms with Crippen LogP contribution in [0.25, 0.3) is 0 Å². The number of rotatable bonds is 9. The van der Waals surface area contributed by atoms with E-state index < -0.39 is 4.92 Å². The summed E-state index contributed by atoms with van der Waals surface area (Å²) in [6.07, 6.45) is 0. The fourth-order valence-corrected chi connectivity index (χ4v) is 3.06. The van der Waals surface area contributed by atoms with E-state index in [2.05, 4.69) is 5.32 Å². The molecule has 0 aliphatic carbocycles. The Kier molecular flexibility index (Phi) is 7.38. The number of nitro groups is 1. The van der Waals surface area contributed by atoms with Gasteiger partial charge in [-0.25, -0.2) is 0 Å². The number of para-hydroxylation sites is 1. The molecule has 0 radical (unpaired) electrons. The van der Waals surface area contributed by atoms with Gasteiger partial charge in [-0.3, -0.25) is 14.9 Å². The van der Waals surface area contributed by atoms with E-state index in [1.807, 2.05) is 25.2 Å². The standard InChI is InChI=1S/C20H25N3O6/c1-13-9-16(23(25)26)18(28-4)10-15(13)21-19(24)12-22(2)11-14-7-6-8-17(27-3)20(14)29-5/h6-10H,11-12H2,1-5H3,(H,21,24)/p+1. The first kappa shape index (κ1) is 22.0. The summed E-state index contributed by atoms with van der Waals surface area (Å²) in [4.78, 5) is 24.0. The normalized spacial score (nSPS) is 11.5. The van der Waals surface area contributed by atoms with Crippen LogP contribution in [0, 0.1) is 17.0 Å². The van der Waals surface area contributed by atoms with E-state index in [0.29, 0.717) is 29.3 Å². The van der Waals surface area contributed by atoms with Gasteiger partial charge in [0.2, 0.25) is 0 Å². The fraction of sp³-hybridized carbons (Fsp3) is 0.350. The first-order chi connectivity index (χ1) is 13.8. The van der Waals surface area contributed by atoms with Gasteiger partial charge in [0, 0.05) is 17.8 Å².